The van der Waals surface area contributed by atoms with Crippen LogP contribution in [-0.2, 0) is 14.3 Å². The molecule has 138 valence electrons. The Morgan fingerprint density at radius 3 is 2.44 bits per heavy atom. The molecule has 3 aliphatic carbocycles. The van der Waals surface area contributed by atoms with E-state index in [-0.39, 0.29) is 29.8 Å². The Morgan fingerprint density at radius 2 is 1.72 bits per heavy atom. The summed E-state index contributed by atoms with van der Waals surface area (Å²) in [5.41, 5.74) is 0. The van der Waals surface area contributed by atoms with E-state index in [0.29, 0.717) is 30.9 Å². The van der Waals surface area contributed by atoms with Gasteiger partial charge in [0.1, 0.15) is 0 Å². The van der Waals surface area contributed by atoms with Crippen molar-refractivity contribution in [1.82, 2.24) is 10.2 Å². The minimum atomic E-state index is 0.171. The molecule has 2 aliphatic heterocycles. The Balaban J connectivity index is 1.23. The summed E-state index contributed by atoms with van der Waals surface area (Å²) in [7, 11) is 0. The van der Waals surface area contributed by atoms with E-state index in [1.807, 2.05) is 0 Å². The lowest BCUT2D eigenvalue weighted by atomic mass is 9.75. The second-order valence-electron chi connectivity index (χ2n) is 9.44. The first kappa shape index (κ1) is 16.1. The van der Waals surface area contributed by atoms with Gasteiger partial charge in [-0.25, -0.2) is 0 Å². The van der Waals surface area contributed by atoms with Gasteiger partial charge >= 0.3 is 0 Å². The number of carbonyl (C=O) groups excluding carboxylic acids is 2. The largest absolute Gasteiger partial charge is 0.379 e. The van der Waals surface area contributed by atoms with Crippen LogP contribution in [0.3, 0.4) is 0 Å². The van der Waals surface area contributed by atoms with Crippen LogP contribution in [0.1, 0.15) is 45.4 Å². The van der Waals surface area contributed by atoms with Crippen molar-refractivity contribution in [2.24, 2.45) is 35.5 Å². The smallest absolute Gasteiger partial charge is 0.226 e. The van der Waals surface area contributed by atoms with Gasteiger partial charge in [-0.3, -0.25) is 9.59 Å². The van der Waals surface area contributed by atoms with E-state index in [0.717, 1.165) is 50.5 Å². The second kappa shape index (κ2) is 5.97. The third kappa shape index (κ3) is 2.79. The van der Waals surface area contributed by atoms with E-state index in [1.165, 1.54) is 6.42 Å². The monoisotopic (exact) mass is 346 g/mol. The molecule has 0 radical (unpaired) electrons. The van der Waals surface area contributed by atoms with Crippen LogP contribution in [0.25, 0.3) is 0 Å². The first-order valence-corrected chi connectivity index (χ1v) is 10.3. The molecule has 25 heavy (non-hydrogen) atoms. The number of likely N-dealkylation sites (tertiary alicyclic amines) is 1. The number of nitrogens with one attached hydrogen (secondary N) is 1. The highest BCUT2D eigenvalue weighted by Gasteiger charge is 2.53. The maximum atomic E-state index is 13.2. The van der Waals surface area contributed by atoms with Crippen LogP contribution in [0.15, 0.2) is 0 Å². The van der Waals surface area contributed by atoms with Crippen LogP contribution in [0.4, 0.5) is 0 Å². The average Bonchev–Trinajstić information content (AvgIpc) is 2.94. The van der Waals surface area contributed by atoms with Crippen molar-refractivity contribution in [2.75, 3.05) is 19.8 Å². The third-order valence-corrected chi connectivity index (χ3v) is 7.59. The minimum Gasteiger partial charge on any atom is -0.379 e. The predicted molar refractivity (Wildman–Crippen MR) is 92.6 cm³/mol. The van der Waals surface area contributed by atoms with Gasteiger partial charge in [-0.1, -0.05) is 6.92 Å². The zero-order chi connectivity index (χ0) is 17.1. The van der Waals surface area contributed by atoms with E-state index in [2.05, 4.69) is 17.1 Å². The normalized spacial score (nSPS) is 47.2. The van der Waals surface area contributed by atoms with Crippen LogP contribution < -0.4 is 5.32 Å². The van der Waals surface area contributed by atoms with Gasteiger partial charge in [0.2, 0.25) is 11.8 Å². The Kier molecular flexibility index (Phi) is 3.84. The van der Waals surface area contributed by atoms with E-state index in [4.69, 9.17) is 4.74 Å². The topological polar surface area (TPSA) is 58.6 Å². The lowest BCUT2D eigenvalue weighted by molar-refractivity contribution is -0.140. The van der Waals surface area contributed by atoms with E-state index < -0.39 is 0 Å². The molecular formula is C20H30N2O3. The molecule has 2 heterocycles. The van der Waals surface area contributed by atoms with Gasteiger partial charge < -0.3 is 15.0 Å². The molecule has 5 aliphatic rings. The van der Waals surface area contributed by atoms with Gasteiger partial charge in [-0.15, -0.1) is 0 Å². The van der Waals surface area contributed by atoms with Gasteiger partial charge in [0.25, 0.3) is 0 Å². The number of nitrogens with zero attached hydrogens (tertiary/aromatic N) is 1. The van der Waals surface area contributed by atoms with Crippen molar-refractivity contribution in [1.29, 1.82) is 0 Å². The van der Waals surface area contributed by atoms with Crippen LogP contribution >= 0.6 is 0 Å². The number of carbonyl (C=O) groups is 2. The van der Waals surface area contributed by atoms with Crippen LogP contribution in [0.2, 0.25) is 0 Å². The van der Waals surface area contributed by atoms with Crippen LogP contribution in [-0.4, -0.2) is 48.6 Å². The molecule has 0 spiro atoms. The van der Waals surface area contributed by atoms with Gasteiger partial charge in [0, 0.05) is 30.3 Å². The van der Waals surface area contributed by atoms with Crippen LogP contribution in [0.5, 0.6) is 0 Å². The Hall–Kier alpha value is -1.10. The van der Waals surface area contributed by atoms with Crippen molar-refractivity contribution < 1.29 is 14.3 Å². The summed E-state index contributed by atoms with van der Waals surface area (Å²) < 4.78 is 5.65. The number of amides is 2. The Labute approximate surface area is 149 Å². The maximum absolute atomic E-state index is 13.2. The molecule has 0 bridgehead atoms. The molecule has 0 aromatic carbocycles. The number of hydrogen-bond donors (Lipinski definition) is 1. The fourth-order valence-corrected chi connectivity index (χ4v) is 5.99. The Bertz CT molecular complexity index is 563. The third-order valence-electron chi connectivity index (χ3n) is 7.59. The first-order chi connectivity index (χ1) is 12.1. The highest BCUT2D eigenvalue weighted by Crippen LogP contribution is 2.55. The van der Waals surface area contributed by atoms with E-state index in [1.54, 1.807) is 0 Å². The van der Waals surface area contributed by atoms with E-state index in [9.17, 15) is 9.59 Å². The molecule has 5 rings (SSSR count). The molecule has 2 amide bonds. The van der Waals surface area contributed by atoms with Crippen LogP contribution in [0, 0.1) is 35.5 Å². The Morgan fingerprint density at radius 1 is 0.960 bits per heavy atom. The molecule has 3 saturated carbocycles. The maximum Gasteiger partial charge on any atom is 0.226 e. The SMILES string of the molecule is CC1CC(C(=O)NCC2CC3COCC3N2C(=O)C2C[C@@H]3C[C@@H]3C2)C1. The number of ether oxygens (including phenoxy) is 1. The predicted octanol–water partition coefficient (Wildman–Crippen LogP) is 1.81. The van der Waals surface area contributed by atoms with Crippen molar-refractivity contribution in [3.63, 3.8) is 0 Å². The summed E-state index contributed by atoms with van der Waals surface area (Å²) in [6.45, 7) is 4.28. The zero-order valence-corrected chi connectivity index (χ0v) is 15.2. The van der Waals surface area contributed by atoms with Crippen molar-refractivity contribution >= 4 is 11.8 Å². The number of rotatable bonds is 4. The minimum absolute atomic E-state index is 0.171. The molecule has 6 atom stereocenters. The molecule has 0 aromatic rings. The summed E-state index contributed by atoms with van der Waals surface area (Å²) in [5.74, 6) is 3.77. The lowest BCUT2D eigenvalue weighted by Crippen LogP contribution is -2.50. The molecule has 4 unspecified atom stereocenters. The van der Waals surface area contributed by atoms with Gasteiger partial charge in [-0.05, 0) is 56.3 Å². The average molecular weight is 346 g/mol. The summed E-state index contributed by atoms with van der Waals surface area (Å²) in [6, 6.07) is 0.417. The molecule has 0 aromatic heterocycles. The fourth-order valence-electron chi connectivity index (χ4n) is 5.99. The zero-order valence-electron chi connectivity index (χ0n) is 15.2. The summed E-state index contributed by atoms with van der Waals surface area (Å²) in [6.07, 6.45) is 6.55. The summed E-state index contributed by atoms with van der Waals surface area (Å²) in [5, 5.41) is 3.16. The molecular weight excluding hydrogens is 316 g/mol. The van der Waals surface area contributed by atoms with E-state index >= 15 is 0 Å². The quantitative estimate of drug-likeness (QED) is 0.845. The molecule has 5 fully saturated rings. The summed E-state index contributed by atoms with van der Waals surface area (Å²) >= 11 is 0. The fraction of sp³-hybridized carbons (Fsp3) is 0.900. The van der Waals surface area contributed by atoms with Gasteiger partial charge in [0.05, 0.1) is 19.3 Å². The molecule has 1 N–H and O–H groups in total. The highest BCUT2D eigenvalue weighted by molar-refractivity contribution is 5.81. The highest BCUT2D eigenvalue weighted by atomic mass is 16.5. The lowest BCUT2D eigenvalue weighted by Gasteiger charge is -2.34. The van der Waals surface area contributed by atoms with Crippen molar-refractivity contribution in [2.45, 2.75) is 57.5 Å². The van der Waals surface area contributed by atoms with Crippen molar-refractivity contribution in [3.05, 3.63) is 0 Å². The standard InChI is InChI=1S/C20H30N2O3/c1-11-2-14(3-11)19(23)21-8-17-7-16-9-25-10-18(16)22(17)20(24)15-5-12-4-13(12)6-15/h11-18H,2-10H2,1H3,(H,21,23)/t11?,12-,13+,14?,15?,16?,17?,18?. The van der Waals surface area contributed by atoms with Gasteiger partial charge in [-0.2, -0.15) is 0 Å². The molecule has 5 heteroatoms. The number of fused-ring (bicyclic) bond motifs is 2. The molecule has 2 saturated heterocycles. The molecule has 5 nitrogen and oxygen atoms in total. The first-order valence-electron chi connectivity index (χ1n) is 10.3. The number of hydrogen-bond acceptors (Lipinski definition) is 3. The van der Waals surface area contributed by atoms with Crippen molar-refractivity contribution in [3.8, 4) is 0 Å². The summed E-state index contributed by atoms with van der Waals surface area (Å²) in [4.78, 5) is 27.7. The van der Waals surface area contributed by atoms with Gasteiger partial charge in [0.15, 0.2) is 0 Å². The second-order valence-corrected chi connectivity index (χ2v) is 9.44.